The standard InChI is InChI=1S/C18H18Cl2N4O2/c1-9-4-5-15(10(2)6-9)22-18(11(3)25)24-23-16-7-12(17(21)26)13(19)8-14(16)20/h4-8,23H,1-3H3,(H2,21,26)(H,22,24). The lowest BCUT2D eigenvalue weighted by Gasteiger charge is -2.13. The Bertz CT molecular complexity index is 910. The predicted molar refractivity (Wildman–Crippen MR) is 105 cm³/mol. The Labute approximate surface area is 161 Å². The summed E-state index contributed by atoms with van der Waals surface area (Å²) < 4.78 is 0. The summed E-state index contributed by atoms with van der Waals surface area (Å²) in [7, 11) is 0. The van der Waals surface area contributed by atoms with E-state index in [0.29, 0.717) is 11.4 Å². The quantitative estimate of drug-likeness (QED) is 0.407. The number of anilines is 1. The Morgan fingerprint density at radius 2 is 1.77 bits per heavy atom. The molecule has 0 atom stereocenters. The Balaban J connectivity index is 2.30. The molecule has 0 radical (unpaired) electrons. The first kappa shape index (κ1) is 19.8. The summed E-state index contributed by atoms with van der Waals surface area (Å²) in [5.41, 5.74) is 13.9. The number of benzene rings is 2. The maximum Gasteiger partial charge on any atom is 0.250 e. The molecule has 0 saturated carbocycles. The fraction of sp³-hybridized carbons (Fsp3) is 0.167. The lowest BCUT2D eigenvalue weighted by Crippen LogP contribution is -2.34. The van der Waals surface area contributed by atoms with Crippen LogP contribution in [0.3, 0.4) is 0 Å². The number of nitrogens with zero attached hydrogens (tertiary/aromatic N) is 1. The van der Waals surface area contributed by atoms with Crippen molar-refractivity contribution in [1.29, 1.82) is 0 Å². The molecule has 0 aliphatic carbocycles. The van der Waals surface area contributed by atoms with Gasteiger partial charge in [0.1, 0.15) is 0 Å². The minimum absolute atomic E-state index is 0.0867. The van der Waals surface area contributed by atoms with E-state index in [0.717, 1.165) is 11.1 Å². The van der Waals surface area contributed by atoms with Crippen LogP contribution in [-0.2, 0) is 4.79 Å². The van der Waals surface area contributed by atoms with Crippen LogP contribution in [0.2, 0.25) is 10.0 Å². The van der Waals surface area contributed by atoms with Crippen molar-refractivity contribution in [1.82, 2.24) is 5.43 Å². The number of carbonyl (C=O) groups excluding carboxylic acids is 2. The number of nitrogens with one attached hydrogen (secondary N) is 2. The minimum atomic E-state index is -0.689. The van der Waals surface area contributed by atoms with Gasteiger partial charge < -0.3 is 5.73 Å². The normalized spacial score (nSPS) is 11.2. The molecule has 0 aliphatic heterocycles. The molecule has 0 aromatic heterocycles. The first-order valence-electron chi connectivity index (χ1n) is 7.66. The average molecular weight is 393 g/mol. The third kappa shape index (κ3) is 4.74. The van der Waals surface area contributed by atoms with Crippen LogP contribution in [0.1, 0.15) is 28.4 Å². The summed E-state index contributed by atoms with van der Waals surface area (Å²) in [5, 5.41) is 0.394. The number of aryl methyl sites for hydroxylation is 2. The van der Waals surface area contributed by atoms with Crippen molar-refractivity contribution in [2.75, 3.05) is 5.43 Å². The molecule has 136 valence electrons. The van der Waals surface area contributed by atoms with Crippen molar-refractivity contribution < 1.29 is 9.59 Å². The van der Waals surface area contributed by atoms with Crippen LogP contribution in [0.5, 0.6) is 0 Å². The number of hydrogen-bond donors (Lipinski definition) is 3. The molecular formula is C18H18Cl2N4O2. The highest BCUT2D eigenvalue weighted by Crippen LogP contribution is 2.28. The van der Waals surface area contributed by atoms with Crippen molar-refractivity contribution in [3.8, 4) is 0 Å². The Morgan fingerprint density at radius 3 is 2.35 bits per heavy atom. The molecular weight excluding hydrogens is 375 g/mol. The monoisotopic (exact) mass is 392 g/mol. The van der Waals surface area contributed by atoms with E-state index >= 15 is 0 Å². The number of carbonyl (C=O) groups is 2. The number of hydrazine groups is 1. The number of hydrogen-bond acceptors (Lipinski definition) is 4. The highest BCUT2D eigenvalue weighted by Gasteiger charge is 2.13. The minimum Gasteiger partial charge on any atom is -0.366 e. The summed E-state index contributed by atoms with van der Waals surface area (Å²) in [4.78, 5) is 27.7. The highest BCUT2D eigenvalue weighted by atomic mass is 35.5. The Kier molecular flexibility index (Phi) is 6.23. The van der Waals surface area contributed by atoms with Crippen LogP contribution in [0, 0.1) is 13.8 Å². The van der Waals surface area contributed by atoms with E-state index in [1.165, 1.54) is 19.1 Å². The van der Waals surface area contributed by atoms with Gasteiger partial charge in [0, 0.05) is 6.92 Å². The molecule has 26 heavy (non-hydrogen) atoms. The van der Waals surface area contributed by atoms with E-state index in [2.05, 4.69) is 15.8 Å². The number of amidine groups is 1. The van der Waals surface area contributed by atoms with Crippen molar-refractivity contribution in [2.45, 2.75) is 20.8 Å². The van der Waals surface area contributed by atoms with Gasteiger partial charge in [-0.2, -0.15) is 0 Å². The van der Waals surface area contributed by atoms with Gasteiger partial charge in [0.2, 0.25) is 5.91 Å². The number of ketones is 1. The van der Waals surface area contributed by atoms with Gasteiger partial charge in [0.25, 0.3) is 0 Å². The lowest BCUT2D eigenvalue weighted by molar-refractivity contribution is -0.111. The van der Waals surface area contributed by atoms with E-state index in [1.807, 2.05) is 32.0 Å². The lowest BCUT2D eigenvalue weighted by atomic mass is 10.1. The topological polar surface area (TPSA) is 96.6 Å². The smallest absolute Gasteiger partial charge is 0.250 e. The second-order valence-electron chi connectivity index (χ2n) is 5.73. The van der Waals surface area contributed by atoms with E-state index in [4.69, 9.17) is 28.9 Å². The third-order valence-electron chi connectivity index (χ3n) is 3.56. The molecule has 0 aliphatic rings. The summed E-state index contributed by atoms with van der Waals surface area (Å²) in [5.74, 6) is -0.883. The Morgan fingerprint density at radius 1 is 1.08 bits per heavy atom. The van der Waals surface area contributed by atoms with Gasteiger partial charge in [-0.3, -0.25) is 20.4 Å². The maximum atomic E-state index is 11.9. The first-order valence-corrected chi connectivity index (χ1v) is 8.42. The Hall–Kier alpha value is -2.57. The number of aliphatic imine (C=N–C) groups is 1. The van der Waals surface area contributed by atoms with Crippen molar-refractivity contribution in [3.05, 3.63) is 57.1 Å². The van der Waals surface area contributed by atoms with Gasteiger partial charge in [0.05, 0.1) is 27.0 Å². The van der Waals surface area contributed by atoms with Crippen LogP contribution in [0.25, 0.3) is 0 Å². The van der Waals surface area contributed by atoms with Crippen LogP contribution < -0.4 is 16.6 Å². The molecule has 6 nitrogen and oxygen atoms in total. The SMILES string of the molecule is CC(=O)C(=Nc1ccc(C)cc1C)NNc1cc(C(N)=O)c(Cl)cc1Cl. The largest absolute Gasteiger partial charge is 0.366 e. The summed E-state index contributed by atoms with van der Waals surface area (Å²) in [6, 6.07) is 8.50. The molecule has 0 saturated heterocycles. The predicted octanol–water partition coefficient (Wildman–Crippen LogP) is 3.94. The van der Waals surface area contributed by atoms with Gasteiger partial charge in [-0.05, 0) is 37.6 Å². The zero-order valence-electron chi connectivity index (χ0n) is 14.5. The summed E-state index contributed by atoms with van der Waals surface area (Å²) >= 11 is 12.0. The van der Waals surface area contributed by atoms with E-state index < -0.39 is 5.91 Å². The molecule has 2 aromatic rings. The van der Waals surface area contributed by atoms with Crippen molar-refractivity contribution >= 4 is 52.1 Å². The average Bonchev–Trinajstić information content (AvgIpc) is 2.54. The van der Waals surface area contributed by atoms with E-state index in [9.17, 15) is 9.59 Å². The van der Waals surface area contributed by atoms with Gasteiger partial charge in [-0.15, -0.1) is 0 Å². The molecule has 0 heterocycles. The number of amides is 1. The summed E-state index contributed by atoms with van der Waals surface area (Å²) in [6.45, 7) is 5.27. The van der Waals surface area contributed by atoms with E-state index in [-0.39, 0.29) is 27.2 Å². The summed E-state index contributed by atoms with van der Waals surface area (Å²) in [6.07, 6.45) is 0. The second kappa shape index (κ2) is 8.21. The van der Waals surface area contributed by atoms with Crippen LogP contribution in [0.15, 0.2) is 35.3 Å². The van der Waals surface area contributed by atoms with Gasteiger partial charge in [0.15, 0.2) is 11.6 Å². The number of rotatable bonds is 5. The zero-order chi connectivity index (χ0) is 19.4. The molecule has 1 amide bonds. The van der Waals surface area contributed by atoms with Crippen molar-refractivity contribution in [2.24, 2.45) is 10.7 Å². The molecule has 8 heteroatoms. The van der Waals surface area contributed by atoms with Gasteiger partial charge in [-0.25, -0.2) is 4.99 Å². The first-order chi connectivity index (χ1) is 12.2. The van der Waals surface area contributed by atoms with Gasteiger partial charge in [-0.1, -0.05) is 40.9 Å². The molecule has 0 unspecified atom stereocenters. The molecule has 2 aromatic carbocycles. The van der Waals surface area contributed by atoms with Crippen molar-refractivity contribution in [3.63, 3.8) is 0 Å². The second-order valence-corrected chi connectivity index (χ2v) is 6.55. The molecule has 0 bridgehead atoms. The number of primary amides is 1. The molecule has 2 rings (SSSR count). The fourth-order valence-electron chi connectivity index (χ4n) is 2.21. The maximum absolute atomic E-state index is 11.9. The fourth-order valence-corrected chi connectivity index (χ4v) is 2.73. The van der Waals surface area contributed by atoms with Crippen LogP contribution in [-0.4, -0.2) is 17.5 Å². The highest BCUT2D eigenvalue weighted by molar-refractivity contribution is 6.39. The van der Waals surface area contributed by atoms with Crippen LogP contribution in [0.4, 0.5) is 11.4 Å². The number of nitrogens with two attached hydrogens (primary N) is 1. The third-order valence-corrected chi connectivity index (χ3v) is 4.18. The number of Topliss-reactive ketones (excluding diaryl/α,β-unsaturated/α-hetero) is 1. The van der Waals surface area contributed by atoms with Gasteiger partial charge >= 0.3 is 0 Å². The van der Waals surface area contributed by atoms with E-state index in [1.54, 1.807) is 0 Å². The van der Waals surface area contributed by atoms with Crippen LogP contribution >= 0.6 is 23.2 Å². The molecule has 0 fully saturated rings. The zero-order valence-corrected chi connectivity index (χ0v) is 16.0. The molecule has 0 spiro atoms. The number of halogens is 2. The molecule has 4 N–H and O–H groups in total.